The molecule has 3 heteroatoms. The molecule has 21 heavy (non-hydrogen) atoms. The van der Waals surface area contributed by atoms with Gasteiger partial charge in [-0.25, -0.2) is 5.43 Å². The largest absolute Gasteiger partial charge is 0.271 e. The topological polar surface area (TPSA) is 38.0 Å². The number of benzene rings is 2. The average Bonchev–Trinajstić information content (AvgIpc) is 2.37. The van der Waals surface area contributed by atoms with Crippen LogP contribution >= 0.6 is 15.9 Å². The van der Waals surface area contributed by atoms with E-state index in [0.29, 0.717) is 0 Å². The highest BCUT2D eigenvalue weighted by molar-refractivity contribution is 9.10. The SMILES string of the molecule is Cc1cc(Br)cc(C(NN)c2cccc(C3CCC3)c2)c1. The summed E-state index contributed by atoms with van der Waals surface area (Å²) in [5.74, 6) is 6.59. The molecular formula is C18H21BrN2. The molecule has 0 aromatic heterocycles. The Hall–Kier alpha value is -1.16. The first-order chi connectivity index (χ1) is 10.2. The maximum atomic E-state index is 5.84. The van der Waals surface area contributed by atoms with Gasteiger partial charge in [0.1, 0.15) is 0 Å². The lowest BCUT2D eigenvalue weighted by molar-refractivity contribution is 0.419. The summed E-state index contributed by atoms with van der Waals surface area (Å²) in [4.78, 5) is 0. The van der Waals surface area contributed by atoms with Gasteiger partial charge in [0.15, 0.2) is 0 Å². The number of nitrogens with two attached hydrogens (primary N) is 1. The molecule has 2 aromatic carbocycles. The summed E-state index contributed by atoms with van der Waals surface area (Å²) in [6.45, 7) is 2.10. The molecule has 0 amide bonds. The molecule has 3 rings (SSSR count). The van der Waals surface area contributed by atoms with Crippen LogP contribution in [-0.4, -0.2) is 0 Å². The minimum Gasteiger partial charge on any atom is -0.271 e. The lowest BCUT2D eigenvalue weighted by atomic mass is 9.79. The number of hydrogen-bond donors (Lipinski definition) is 2. The Balaban J connectivity index is 1.95. The van der Waals surface area contributed by atoms with Crippen molar-refractivity contribution in [3.63, 3.8) is 0 Å². The smallest absolute Gasteiger partial charge is 0.0710 e. The van der Waals surface area contributed by atoms with E-state index in [1.54, 1.807) is 0 Å². The first-order valence-electron chi connectivity index (χ1n) is 7.50. The van der Waals surface area contributed by atoms with Crippen LogP contribution in [0.25, 0.3) is 0 Å². The minimum absolute atomic E-state index is 0.0289. The standard InChI is InChI=1S/C18H21BrN2/c1-12-8-16(11-17(19)9-12)18(21-20)15-7-3-6-14(10-15)13-4-2-5-13/h3,6-11,13,18,21H,2,4-5,20H2,1H3. The predicted molar refractivity (Wildman–Crippen MR) is 91.1 cm³/mol. The fourth-order valence-corrected chi connectivity index (χ4v) is 3.68. The van der Waals surface area contributed by atoms with Crippen molar-refractivity contribution in [2.24, 2.45) is 5.84 Å². The highest BCUT2D eigenvalue weighted by Crippen LogP contribution is 2.37. The second-order valence-electron chi connectivity index (χ2n) is 5.96. The Morgan fingerprint density at radius 1 is 1.14 bits per heavy atom. The molecule has 0 bridgehead atoms. The van der Waals surface area contributed by atoms with Crippen LogP contribution in [0.1, 0.15) is 53.5 Å². The molecule has 110 valence electrons. The van der Waals surface area contributed by atoms with Crippen molar-refractivity contribution in [1.29, 1.82) is 0 Å². The second kappa shape index (κ2) is 6.30. The van der Waals surface area contributed by atoms with E-state index in [9.17, 15) is 0 Å². The Kier molecular flexibility index (Phi) is 4.43. The molecule has 0 saturated heterocycles. The van der Waals surface area contributed by atoms with Crippen LogP contribution in [0.5, 0.6) is 0 Å². The van der Waals surface area contributed by atoms with Gasteiger partial charge in [-0.1, -0.05) is 52.7 Å². The van der Waals surface area contributed by atoms with Gasteiger partial charge in [0.05, 0.1) is 6.04 Å². The molecular weight excluding hydrogens is 324 g/mol. The molecule has 0 aliphatic heterocycles. The first kappa shape index (κ1) is 14.8. The summed E-state index contributed by atoms with van der Waals surface area (Å²) < 4.78 is 1.09. The maximum Gasteiger partial charge on any atom is 0.0710 e. The minimum atomic E-state index is 0.0289. The average molecular weight is 345 g/mol. The number of hydrazine groups is 1. The summed E-state index contributed by atoms with van der Waals surface area (Å²) in [6, 6.07) is 15.3. The van der Waals surface area contributed by atoms with Crippen LogP contribution in [0.3, 0.4) is 0 Å². The summed E-state index contributed by atoms with van der Waals surface area (Å²) in [5, 5.41) is 0. The number of hydrogen-bond acceptors (Lipinski definition) is 2. The van der Waals surface area contributed by atoms with E-state index in [1.807, 2.05) is 0 Å². The molecule has 1 saturated carbocycles. The van der Waals surface area contributed by atoms with E-state index in [4.69, 9.17) is 5.84 Å². The summed E-state index contributed by atoms with van der Waals surface area (Å²) in [7, 11) is 0. The van der Waals surface area contributed by atoms with Crippen molar-refractivity contribution in [1.82, 2.24) is 5.43 Å². The Morgan fingerprint density at radius 2 is 1.95 bits per heavy atom. The number of halogens is 1. The molecule has 2 aromatic rings. The van der Waals surface area contributed by atoms with Crippen LogP contribution < -0.4 is 11.3 Å². The predicted octanol–water partition coefficient (Wildman–Crippen LogP) is 4.58. The molecule has 1 fully saturated rings. The van der Waals surface area contributed by atoms with E-state index in [-0.39, 0.29) is 6.04 Å². The fraction of sp³-hybridized carbons (Fsp3) is 0.333. The quantitative estimate of drug-likeness (QED) is 0.629. The second-order valence-corrected chi connectivity index (χ2v) is 6.88. The summed E-state index contributed by atoms with van der Waals surface area (Å²) in [6.07, 6.45) is 4.00. The molecule has 0 heterocycles. The Labute approximate surface area is 134 Å². The molecule has 1 aliphatic carbocycles. The lowest BCUT2D eigenvalue weighted by Crippen LogP contribution is -2.29. The number of nitrogens with one attached hydrogen (secondary N) is 1. The van der Waals surface area contributed by atoms with E-state index in [0.717, 1.165) is 10.4 Å². The number of rotatable bonds is 4. The van der Waals surface area contributed by atoms with Gasteiger partial charge >= 0.3 is 0 Å². The molecule has 1 aliphatic rings. The monoisotopic (exact) mass is 344 g/mol. The van der Waals surface area contributed by atoms with Crippen LogP contribution in [-0.2, 0) is 0 Å². The third-order valence-electron chi connectivity index (χ3n) is 4.39. The van der Waals surface area contributed by atoms with Crippen LogP contribution in [0.4, 0.5) is 0 Å². The molecule has 1 unspecified atom stereocenters. The highest BCUT2D eigenvalue weighted by Gasteiger charge is 2.21. The van der Waals surface area contributed by atoms with Crippen molar-refractivity contribution in [3.05, 3.63) is 69.2 Å². The van der Waals surface area contributed by atoms with Gasteiger partial charge in [-0.2, -0.15) is 0 Å². The van der Waals surface area contributed by atoms with Crippen LogP contribution in [0.15, 0.2) is 46.9 Å². The maximum absolute atomic E-state index is 5.84. The molecule has 3 N–H and O–H groups in total. The molecule has 0 radical (unpaired) electrons. The van der Waals surface area contributed by atoms with Crippen LogP contribution in [0, 0.1) is 6.92 Å². The molecule has 1 atom stereocenters. The van der Waals surface area contributed by atoms with Gasteiger partial charge in [-0.05, 0) is 60.1 Å². The van der Waals surface area contributed by atoms with Crippen molar-refractivity contribution >= 4 is 15.9 Å². The van der Waals surface area contributed by atoms with Gasteiger partial charge in [-0.3, -0.25) is 5.84 Å². The van der Waals surface area contributed by atoms with Gasteiger partial charge in [0, 0.05) is 4.47 Å². The zero-order chi connectivity index (χ0) is 14.8. The Morgan fingerprint density at radius 3 is 2.57 bits per heavy atom. The van der Waals surface area contributed by atoms with Crippen molar-refractivity contribution in [3.8, 4) is 0 Å². The normalized spacial score (nSPS) is 16.5. The lowest BCUT2D eigenvalue weighted by Gasteiger charge is -2.27. The van der Waals surface area contributed by atoms with E-state index >= 15 is 0 Å². The first-order valence-corrected chi connectivity index (χ1v) is 8.30. The van der Waals surface area contributed by atoms with Gasteiger partial charge < -0.3 is 0 Å². The van der Waals surface area contributed by atoms with Gasteiger partial charge in [-0.15, -0.1) is 0 Å². The van der Waals surface area contributed by atoms with Crippen molar-refractivity contribution in [2.45, 2.75) is 38.1 Å². The van der Waals surface area contributed by atoms with Crippen LogP contribution in [0.2, 0.25) is 0 Å². The van der Waals surface area contributed by atoms with E-state index < -0.39 is 0 Å². The Bertz CT molecular complexity index is 615. The molecule has 2 nitrogen and oxygen atoms in total. The van der Waals surface area contributed by atoms with Crippen molar-refractivity contribution < 1.29 is 0 Å². The third kappa shape index (κ3) is 3.20. The van der Waals surface area contributed by atoms with Gasteiger partial charge in [0.25, 0.3) is 0 Å². The summed E-state index contributed by atoms with van der Waals surface area (Å²) in [5.41, 5.74) is 8.08. The highest BCUT2D eigenvalue weighted by atomic mass is 79.9. The molecule has 0 spiro atoms. The zero-order valence-electron chi connectivity index (χ0n) is 12.3. The van der Waals surface area contributed by atoms with E-state index in [1.165, 1.54) is 41.5 Å². The van der Waals surface area contributed by atoms with E-state index in [2.05, 4.69) is 70.7 Å². The summed E-state index contributed by atoms with van der Waals surface area (Å²) >= 11 is 3.57. The fourth-order valence-electron chi connectivity index (χ4n) is 3.05. The zero-order valence-corrected chi connectivity index (χ0v) is 13.9. The third-order valence-corrected chi connectivity index (χ3v) is 4.84. The van der Waals surface area contributed by atoms with Crippen molar-refractivity contribution in [2.75, 3.05) is 0 Å². The van der Waals surface area contributed by atoms with Gasteiger partial charge in [0.2, 0.25) is 0 Å². The number of aryl methyl sites for hydroxylation is 1.